The van der Waals surface area contributed by atoms with Gasteiger partial charge in [0, 0.05) is 0 Å². The molecule has 0 aliphatic rings. The summed E-state index contributed by atoms with van der Waals surface area (Å²) in [6.45, 7) is 8.77. The molecule has 1 atom stereocenters. The lowest BCUT2D eigenvalue weighted by Crippen LogP contribution is -2.22. The third kappa shape index (κ3) is 3.45. The molecule has 0 saturated heterocycles. The molecule has 2 heteroatoms. The SMILES string of the molecule is CCCOc1ccc(C(C)(O)c2ccc(C)c(C)c2)cc1. The van der Waals surface area contributed by atoms with Crippen LogP contribution < -0.4 is 4.74 Å². The van der Waals surface area contributed by atoms with Gasteiger partial charge in [-0.25, -0.2) is 0 Å². The predicted molar refractivity (Wildman–Crippen MR) is 86.8 cm³/mol. The first-order valence-electron chi connectivity index (χ1n) is 7.48. The quantitative estimate of drug-likeness (QED) is 0.884. The Morgan fingerprint density at radius 3 is 2.14 bits per heavy atom. The highest BCUT2D eigenvalue weighted by Gasteiger charge is 2.25. The summed E-state index contributed by atoms with van der Waals surface area (Å²) in [7, 11) is 0. The fourth-order valence-electron chi connectivity index (χ4n) is 2.31. The van der Waals surface area contributed by atoms with E-state index in [9.17, 15) is 5.11 Å². The number of aryl methyl sites for hydroxylation is 2. The number of benzene rings is 2. The molecule has 2 rings (SSSR count). The first-order chi connectivity index (χ1) is 9.95. The van der Waals surface area contributed by atoms with Gasteiger partial charge in [0.2, 0.25) is 0 Å². The van der Waals surface area contributed by atoms with Gasteiger partial charge in [-0.05, 0) is 61.6 Å². The normalized spacial score (nSPS) is 13.8. The van der Waals surface area contributed by atoms with E-state index in [1.165, 1.54) is 11.1 Å². The average molecular weight is 284 g/mol. The molecule has 0 heterocycles. The Morgan fingerprint density at radius 2 is 1.57 bits per heavy atom. The Hall–Kier alpha value is -1.80. The summed E-state index contributed by atoms with van der Waals surface area (Å²) in [5, 5.41) is 10.9. The molecule has 0 fully saturated rings. The van der Waals surface area contributed by atoms with Crippen molar-refractivity contribution in [3.05, 3.63) is 64.7 Å². The van der Waals surface area contributed by atoms with Crippen molar-refractivity contribution < 1.29 is 9.84 Å². The molecule has 2 aromatic carbocycles. The zero-order chi connectivity index (χ0) is 15.5. The van der Waals surface area contributed by atoms with Gasteiger partial charge in [0.15, 0.2) is 0 Å². The van der Waals surface area contributed by atoms with E-state index < -0.39 is 5.60 Å². The van der Waals surface area contributed by atoms with Crippen molar-refractivity contribution in [1.29, 1.82) is 0 Å². The zero-order valence-corrected chi connectivity index (χ0v) is 13.3. The largest absolute Gasteiger partial charge is 0.494 e. The second kappa shape index (κ2) is 6.31. The third-order valence-electron chi connectivity index (χ3n) is 3.96. The van der Waals surface area contributed by atoms with Crippen LogP contribution in [0.4, 0.5) is 0 Å². The third-order valence-corrected chi connectivity index (χ3v) is 3.96. The van der Waals surface area contributed by atoms with E-state index in [0.717, 1.165) is 23.3 Å². The summed E-state index contributed by atoms with van der Waals surface area (Å²) in [5.74, 6) is 0.844. The van der Waals surface area contributed by atoms with Crippen LogP contribution in [0, 0.1) is 13.8 Å². The minimum atomic E-state index is -0.998. The van der Waals surface area contributed by atoms with Crippen LogP contribution in [0.5, 0.6) is 5.75 Å². The van der Waals surface area contributed by atoms with Crippen LogP contribution in [0.1, 0.15) is 42.5 Å². The molecule has 1 N–H and O–H groups in total. The van der Waals surface area contributed by atoms with Gasteiger partial charge in [-0.1, -0.05) is 37.3 Å². The lowest BCUT2D eigenvalue weighted by molar-refractivity contribution is 0.102. The summed E-state index contributed by atoms with van der Waals surface area (Å²) in [6.07, 6.45) is 0.988. The Labute approximate surface area is 127 Å². The van der Waals surface area contributed by atoms with Gasteiger partial charge in [-0.15, -0.1) is 0 Å². The maximum Gasteiger partial charge on any atom is 0.119 e. The fourth-order valence-corrected chi connectivity index (χ4v) is 2.31. The van der Waals surface area contributed by atoms with Crippen molar-refractivity contribution in [2.24, 2.45) is 0 Å². The molecule has 0 amide bonds. The van der Waals surface area contributed by atoms with Crippen LogP contribution in [-0.4, -0.2) is 11.7 Å². The van der Waals surface area contributed by atoms with Crippen LogP contribution in [0.2, 0.25) is 0 Å². The van der Waals surface area contributed by atoms with Crippen LogP contribution in [0.15, 0.2) is 42.5 Å². The Kier molecular flexibility index (Phi) is 4.69. The van der Waals surface area contributed by atoms with Crippen molar-refractivity contribution in [2.45, 2.75) is 39.7 Å². The molecule has 0 saturated carbocycles. The molecule has 0 aliphatic heterocycles. The standard InChI is InChI=1S/C19H24O2/c1-5-12-21-18-10-8-16(9-11-18)19(4,20)17-7-6-14(2)15(3)13-17/h6-11,13,20H,5,12H2,1-4H3. The molecule has 0 bridgehead atoms. The van der Waals surface area contributed by atoms with E-state index in [1.807, 2.05) is 37.3 Å². The summed E-state index contributed by atoms with van der Waals surface area (Å²) >= 11 is 0. The second-order valence-electron chi connectivity index (χ2n) is 5.74. The Balaban J connectivity index is 2.27. The minimum absolute atomic E-state index is 0.715. The van der Waals surface area contributed by atoms with Crippen molar-refractivity contribution in [2.75, 3.05) is 6.61 Å². The molecular weight excluding hydrogens is 260 g/mol. The zero-order valence-electron chi connectivity index (χ0n) is 13.3. The van der Waals surface area contributed by atoms with Gasteiger partial charge in [0.1, 0.15) is 11.4 Å². The van der Waals surface area contributed by atoms with Crippen LogP contribution in [0.3, 0.4) is 0 Å². The van der Waals surface area contributed by atoms with Gasteiger partial charge >= 0.3 is 0 Å². The average Bonchev–Trinajstić information content (AvgIpc) is 2.48. The van der Waals surface area contributed by atoms with Gasteiger partial charge in [-0.2, -0.15) is 0 Å². The maximum absolute atomic E-state index is 10.9. The lowest BCUT2D eigenvalue weighted by Gasteiger charge is -2.25. The van der Waals surface area contributed by atoms with E-state index >= 15 is 0 Å². The number of ether oxygens (including phenoxy) is 1. The Bertz CT molecular complexity index is 597. The molecule has 0 aromatic heterocycles. The molecule has 21 heavy (non-hydrogen) atoms. The number of hydrogen-bond donors (Lipinski definition) is 1. The number of aliphatic hydroxyl groups is 1. The van der Waals surface area contributed by atoms with Crippen molar-refractivity contribution in [3.8, 4) is 5.75 Å². The molecule has 2 aromatic rings. The van der Waals surface area contributed by atoms with Gasteiger partial charge in [0.25, 0.3) is 0 Å². The summed E-state index contributed by atoms with van der Waals surface area (Å²) < 4.78 is 5.58. The lowest BCUT2D eigenvalue weighted by atomic mass is 9.87. The minimum Gasteiger partial charge on any atom is -0.494 e. The van der Waals surface area contributed by atoms with E-state index in [2.05, 4.69) is 32.9 Å². The summed E-state index contributed by atoms with van der Waals surface area (Å²) in [4.78, 5) is 0. The monoisotopic (exact) mass is 284 g/mol. The highest BCUT2D eigenvalue weighted by atomic mass is 16.5. The molecule has 0 aliphatic carbocycles. The maximum atomic E-state index is 10.9. The van der Waals surface area contributed by atoms with Crippen molar-refractivity contribution in [1.82, 2.24) is 0 Å². The molecule has 0 radical (unpaired) electrons. The van der Waals surface area contributed by atoms with Gasteiger partial charge in [0.05, 0.1) is 6.61 Å². The molecule has 112 valence electrons. The smallest absolute Gasteiger partial charge is 0.119 e. The number of rotatable bonds is 5. The highest BCUT2D eigenvalue weighted by Crippen LogP contribution is 2.31. The van der Waals surface area contributed by atoms with E-state index in [4.69, 9.17) is 4.74 Å². The molecule has 1 unspecified atom stereocenters. The molecular formula is C19H24O2. The van der Waals surface area contributed by atoms with Crippen molar-refractivity contribution in [3.63, 3.8) is 0 Å². The molecule has 2 nitrogen and oxygen atoms in total. The van der Waals surface area contributed by atoms with Gasteiger partial charge < -0.3 is 9.84 Å². The van der Waals surface area contributed by atoms with Crippen LogP contribution in [-0.2, 0) is 5.60 Å². The van der Waals surface area contributed by atoms with Crippen LogP contribution in [0.25, 0.3) is 0 Å². The fraction of sp³-hybridized carbons (Fsp3) is 0.368. The predicted octanol–water partition coefficient (Wildman–Crippen LogP) is 4.35. The topological polar surface area (TPSA) is 29.5 Å². The highest BCUT2D eigenvalue weighted by molar-refractivity contribution is 5.41. The van der Waals surface area contributed by atoms with Crippen molar-refractivity contribution >= 4 is 0 Å². The summed E-state index contributed by atoms with van der Waals surface area (Å²) in [6, 6.07) is 13.8. The summed E-state index contributed by atoms with van der Waals surface area (Å²) in [5.41, 5.74) is 3.21. The Morgan fingerprint density at radius 1 is 0.952 bits per heavy atom. The van der Waals surface area contributed by atoms with Crippen LogP contribution >= 0.6 is 0 Å². The van der Waals surface area contributed by atoms with Gasteiger partial charge in [-0.3, -0.25) is 0 Å². The first-order valence-corrected chi connectivity index (χ1v) is 7.48. The second-order valence-corrected chi connectivity index (χ2v) is 5.74. The molecule has 0 spiro atoms. The first kappa shape index (κ1) is 15.6. The van der Waals surface area contributed by atoms with E-state index in [1.54, 1.807) is 0 Å². The number of hydrogen-bond acceptors (Lipinski definition) is 2. The van der Waals surface area contributed by atoms with E-state index in [-0.39, 0.29) is 0 Å². The van der Waals surface area contributed by atoms with E-state index in [0.29, 0.717) is 6.61 Å².